The summed E-state index contributed by atoms with van der Waals surface area (Å²) < 4.78 is 2.12. The molecule has 1 atom stereocenters. The molecule has 0 radical (unpaired) electrons. The van der Waals surface area contributed by atoms with Crippen molar-refractivity contribution in [1.82, 2.24) is 4.98 Å². The van der Waals surface area contributed by atoms with E-state index in [1.54, 1.807) is 11.3 Å². The predicted molar refractivity (Wildman–Crippen MR) is 78.3 cm³/mol. The van der Waals surface area contributed by atoms with E-state index in [1.165, 1.54) is 4.70 Å². The molecule has 0 fully saturated rings. The Morgan fingerprint density at radius 1 is 1.30 bits per heavy atom. The molecular formula is C13H20Br2ClN3S. The second-order valence-electron chi connectivity index (χ2n) is 5.42. The summed E-state index contributed by atoms with van der Waals surface area (Å²) in [4.78, 5) is 4.64. The Kier molecular flexibility index (Phi) is 8.17. The molecule has 0 spiro atoms. The van der Waals surface area contributed by atoms with E-state index in [0.717, 1.165) is 26.6 Å². The molecule has 1 aromatic heterocycles. The van der Waals surface area contributed by atoms with E-state index in [4.69, 9.17) is 11.6 Å². The molecule has 0 bridgehead atoms. The van der Waals surface area contributed by atoms with Gasteiger partial charge in [0.25, 0.3) is 5.13 Å². The fraction of sp³-hybridized carbons (Fsp3) is 0.462. The minimum absolute atomic E-state index is 0. The quantitative estimate of drug-likeness (QED) is 0.386. The lowest BCUT2D eigenvalue weighted by Crippen LogP contribution is -3.00. The Bertz CT molecular complexity index is 554. The SMILES string of the molecule is CCC([NH2+]c1nc2cc(Cl)ccc2s1)[N+](C)(C)C.[Br-].[Br-]. The Hall–Kier alpha value is 0.280. The van der Waals surface area contributed by atoms with Gasteiger partial charge >= 0.3 is 0 Å². The average molecular weight is 446 g/mol. The van der Waals surface area contributed by atoms with E-state index in [2.05, 4.69) is 38.4 Å². The molecule has 1 heterocycles. The van der Waals surface area contributed by atoms with Gasteiger partial charge < -0.3 is 34.0 Å². The molecule has 0 aliphatic carbocycles. The van der Waals surface area contributed by atoms with Crippen molar-refractivity contribution in [3.63, 3.8) is 0 Å². The molecule has 2 N–H and O–H groups in total. The number of halogens is 3. The van der Waals surface area contributed by atoms with E-state index in [1.807, 2.05) is 18.2 Å². The van der Waals surface area contributed by atoms with Gasteiger partial charge in [-0.25, -0.2) is 5.32 Å². The fourth-order valence-corrected chi connectivity index (χ4v) is 3.15. The van der Waals surface area contributed by atoms with Crippen LogP contribution < -0.4 is 39.3 Å². The number of rotatable bonds is 4. The van der Waals surface area contributed by atoms with Crippen molar-refractivity contribution < 1.29 is 43.8 Å². The van der Waals surface area contributed by atoms with E-state index in [0.29, 0.717) is 6.17 Å². The molecule has 7 heteroatoms. The number of fused-ring (bicyclic) bond motifs is 1. The Labute approximate surface area is 150 Å². The molecule has 114 valence electrons. The summed E-state index contributed by atoms with van der Waals surface area (Å²) in [6.45, 7) is 2.22. The number of quaternary nitrogens is 2. The second-order valence-corrected chi connectivity index (χ2v) is 6.92. The summed E-state index contributed by atoms with van der Waals surface area (Å²) in [5, 5.41) is 4.11. The minimum atomic E-state index is 0. The zero-order chi connectivity index (χ0) is 13.3. The highest BCUT2D eigenvalue weighted by atomic mass is 79.9. The van der Waals surface area contributed by atoms with Gasteiger partial charge in [0.15, 0.2) is 0 Å². The van der Waals surface area contributed by atoms with E-state index in [9.17, 15) is 0 Å². The largest absolute Gasteiger partial charge is 1.00 e. The first-order chi connectivity index (χ1) is 8.40. The summed E-state index contributed by atoms with van der Waals surface area (Å²) >= 11 is 7.72. The second kappa shape index (κ2) is 8.06. The van der Waals surface area contributed by atoms with E-state index >= 15 is 0 Å². The normalized spacial score (nSPS) is 12.7. The standard InChI is InChI=1S/C13H19ClN3S.2BrH/c1-5-12(17(2,3)4)16-13-15-10-8-9(14)6-7-11(10)18-13;;/h6-8,12H,5H2,1-4H3,(H,15,16);2*1H/q+1;;/p-1. The number of hydrogen-bond donors (Lipinski definition) is 1. The molecule has 1 aromatic carbocycles. The molecule has 0 aliphatic heterocycles. The van der Waals surface area contributed by atoms with Crippen molar-refractivity contribution in [2.24, 2.45) is 0 Å². The van der Waals surface area contributed by atoms with E-state index < -0.39 is 0 Å². The number of nitrogens with zero attached hydrogens (tertiary/aromatic N) is 2. The maximum absolute atomic E-state index is 5.98. The van der Waals surface area contributed by atoms with Gasteiger partial charge in [-0.3, -0.25) is 4.48 Å². The lowest BCUT2D eigenvalue weighted by molar-refractivity contribution is -1.00. The maximum atomic E-state index is 5.98. The van der Waals surface area contributed by atoms with Gasteiger partial charge in [0, 0.05) is 5.02 Å². The smallest absolute Gasteiger partial charge is 0.288 e. The van der Waals surface area contributed by atoms with Crippen LogP contribution in [0.5, 0.6) is 0 Å². The van der Waals surface area contributed by atoms with Crippen molar-refractivity contribution in [2.75, 3.05) is 21.1 Å². The average Bonchev–Trinajstić information content (AvgIpc) is 2.65. The molecule has 3 nitrogen and oxygen atoms in total. The lowest BCUT2D eigenvalue weighted by Gasteiger charge is -2.30. The number of benzene rings is 1. The Balaban J connectivity index is 0.00000180. The number of thiazole rings is 1. The highest BCUT2D eigenvalue weighted by Crippen LogP contribution is 2.25. The van der Waals surface area contributed by atoms with Crippen LogP contribution in [-0.4, -0.2) is 36.8 Å². The van der Waals surface area contributed by atoms with Crippen LogP contribution in [0, 0.1) is 0 Å². The number of aromatic nitrogens is 1. The number of hydrogen-bond acceptors (Lipinski definition) is 2. The predicted octanol–water partition coefficient (Wildman–Crippen LogP) is -3.41. The van der Waals surface area contributed by atoms with Crippen LogP contribution in [0.25, 0.3) is 10.2 Å². The van der Waals surface area contributed by atoms with Gasteiger partial charge in [-0.05, 0) is 18.2 Å². The third-order valence-corrected chi connectivity index (χ3v) is 4.35. The molecule has 0 aliphatic rings. The lowest BCUT2D eigenvalue weighted by atomic mass is 10.3. The van der Waals surface area contributed by atoms with Gasteiger partial charge in [-0.2, -0.15) is 4.98 Å². The zero-order valence-corrected chi connectivity index (χ0v) is 16.8. The molecule has 0 amide bonds. The first-order valence-corrected chi connectivity index (χ1v) is 7.31. The van der Waals surface area contributed by atoms with Crippen LogP contribution in [0.1, 0.15) is 13.3 Å². The molecule has 20 heavy (non-hydrogen) atoms. The van der Waals surface area contributed by atoms with Crippen molar-refractivity contribution >= 4 is 38.3 Å². The monoisotopic (exact) mass is 443 g/mol. The fourth-order valence-electron chi connectivity index (χ4n) is 2.04. The van der Waals surface area contributed by atoms with Gasteiger partial charge in [-0.15, -0.1) is 0 Å². The highest BCUT2D eigenvalue weighted by Gasteiger charge is 2.26. The molecule has 2 rings (SSSR count). The van der Waals surface area contributed by atoms with Crippen LogP contribution in [0.4, 0.5) is 5.13 Å². The van der Waals surface area contributed by atoms with Gasteiger partial charge in [-0.1, -0.05) is 29.9 Å². The topological polar surface area (TPSA) is 29.5 Å². The van der Waals surface area contributed by atoms with Crippen molar-refractivity contribution in [3.8, 4) is 0 Å². The summed E-state index contributed by atoms with van der Waals surface area (Å²) in [6, 6.07) is 5.89. The summed E-state index contributed by atoms with van der Waals surface area (Å²) in [5.41, 5.74) is 0.995. The molecule has 2 aromatic rings. The van der Waals surface area contributed by atoms with Crippen molar-refractivity contribution in [1.29, 1.82) is 0 Å². The maximum Gasteiger partial charge on any atom is 0.288 e. The molecular weight excluding hydrogens is 425 g/mol. The van der Waals surface area contributed by atoms with Gasteiger partial charge in [0.1, 0.15) is 0 Å². The van der Waals surface area contributed by atoms with Crippen LogP contribution >= 0.6 is 22.9 Å². The molecule has 0 saturated heterocycles. The van der Waals surface area contributed by atoms with Crippen LogP contribution in [0.3, 0.4) is 0 Å². The third-order valence-electron chi connectivity index (χ3n) is 3.11. The van der Waals surface area contributed by atoms with Crippen LogP contribution in [0.2, 0.25) is 5.02 Å². The van der Waals surface area contributed by atoms with Crippen LogP contribution in [-0.2, 0) is 0 Å². The van der Waals surface area contributed by atoms with Crippen molar-refractivity contribution in [2.45, 2.75) is 19.5 Å². The summed E-state index contributed by atoms with van der Waals surface area (Å²) in [6.07, 6.45) is 1.60. The van der Waals surface area contributed by atoms with Crippen LogP contribution in [0.15, 0.2) is 18.2 Å². The first-order valence-electron chi connectivity index (χ1n) is 6.12. The zero-order valence-electron chi connectivity index (χ0n) is 12.0. The molecule has 1 unspecified atom stereocenters. The first kappa shape index (κ1) is 20.3. The molecule has 0 saturated carbocycles. The number of nitrogens with two attached hydrogens (primary N) is 1. The minimum Gasteiger partial charge on any atom is -1.00 e. The Morgan fingerprint density at radius 2 is 1.95 bits per heavy atom. The van der Waals surface area contributed by atoms with Gasteiger partial charge in [0.2, 0.25) is 6.17 Å². The van der Waals surface area contributed by atoms with Gasteiger partial charge in [0.05, 0.1) is 37.8 Å². The highest BCUT2D eigenvalue weighted by molar-refractivity contribution is 7.21. The van der Waals surface area contributed by atoms with Crippen molar-refractivity contribution in [3.05, 3.63) is 23.2 Å². The van der Waals surface area contributed by atoms with E-state index in [-0.39, 0.29) is 34.0 Å². The Morgan fingerprint density at radius 3 is 2.50 bits per heavy atom. The third kappa shape index (κ3) is 4.93. The summed E-state index contributed by atoms with van der Waals surface area (Å²) in [7, 11) is 6.65. The summed E-state index contributed by atoms with van der Waals surface area (Å²) in [5.74, 6) is 0.